The molecule has 0 bridgehead atoms. The molecule has 1 atom stereocenters. The summed E-state index contributed by atoms with van der Waals surface area (Å²) in [6, 6.07) is 27.9. The molecule has 1 unspecified atom stereocenters. The van der Waals surface area contributed by atoms with Crippen molar-refractivity contribution in [2.45, 2.75) is 38.8 Å². The van der Waals surface area contributed by atoms with Crippen LogP contribution in [0.1, 0.15) is 45.5 Å². The average molecular weight is 426 g/mol. The van der Waals surface area contributed by atoms with Crippen LogP contribution >= 0.6 is 0 Å². The highest BCUT2D eigenvalue weighted by Crippen LogP contribution is 2.23. The van der Waals surface area contributed by atoms with Crippen molar-refractivity contribution in [1.82, 2.24) is 4.90 Å². The third-order valence-electron chi connectivity index (χ3n) is 7.23. The van der Waals surface area contributed by atoms with Crippen LogP contribution in [0.5, 0.6) is 0 Å². The molecule has 0 aliphatic carbocycles. The second-order valence-electron chi connectivity index (χ2n) is 9.49. The van der Waals surface area contributed by atoms with E-state index in [0.717, 1.165) is 57.4 Å². The number of hydrogen-bond acceptors (Lipinski definition) is 1. The molecule has 1 saturated heterocycles. The molecule has 164 valence electrons. The molecule has 3 aromatic rings. The smallest absolute Gasteiger partial charge is 0.253 e. The van der Waals surface area contributed by atoms with Gasteiger partial charge in [-0.05, 0) is 48.4 Å². The Morgan fingerprint density at radius 1 is 0.812 bits per heavy atom. The van der Waals surface area contributed by atoms with Crippen molar-refractivity contribution in [2.24, 2.45) is 5.92 Å². The van der Waals surface area contributed by atoms with Gasteiger partial charge in [0.1, 0.15) is 13.1 Å². The molecule has 1 amide bonds. The van der Waals surface area contributed by atoms with E-state index in [9.17, 15) is 4.79 Å². The molecule has 1 N–H and O–H groups in total. The quantitative estimate of drug-likeness (QED) is 0.658. The molecule has 3 aromatic carbocycles. The van der Waals surface area contributed by atoms with Crippen LogP contribution in [0.25, 0.3) is 0 Å². The summed E-state index contributed by atoms with van der Waals surface area (Å²) in [5, 5.41) is 0. The minimum absolute atomic E-state index is 0.189. The molecule has 0 saturated carbocycles. The van der Waals surface area contributed by atoms with Gasteiger partial charge in [0.2, 0.25) is 0 Å². The summed E-state index contributed by atoms with van der Waals surface area (Å²) in [5.41, 5.74) is 6.54. The van der Waals surface area contributed by atoms with Gasteiger partial charge in [-0.3, -0.25) is 4.79 Å². The van der Waals surface area contributed by atoms with Crippen LogP contribution in [0.15, 0.2) is 78.9 Å². The van der Waals surface area contributed by atoms with Crippen molar-refractivity contribution in [3.05, 3.63) is 107 Å². The first-order valence-electron chi connectivity index (χ1n) is 12.1. The van der Waals surface area contributed by atoms with E-state index in [1.165, 1.54) is 28.8 Å². The van der Waals surface area contributed by atoms with E-state index in [1.54, 1.807) is 4.90 Å². The van der Waals surface area contributed by atoms with Gasteiger partial charge in [0.05, 0.1) is 6.54 Å². The number of nitrogens with one attached hydrogen (secondary N) is 1. The summed E-state index contributed by atoms with van der Waals surface area (Å²) in [6.45, 7) is 5.03. The van der Waals surface area contributed by atoms with Crippen molar-refractivity contribution in [3.8, 4) is 0 Å². The number of rotatable bonds is 5. The maximum absolute atomic E-state index is 13.0. The highest BCUT2D eigenvalue weighted by molar-refractivity contribution is 5.94. The molecule has 5 rings (SSSR count). The molecule has 0 radical (unpaired) electrons. The lowest BCUT2D eigenvalue weighted by atomic mass is 9.90. The molecule has 3 heteroatoms. The summed E-state index contributed by atoms with van der Waals surface area (Å²) in [7, 11) is 0. The van der Waals surface area contributed by atoms with Crippen LogP contribution in [-0.2, 0) is 25.9 Å². The maximum Gasteiger partial charge on any atom is 0.253 e. The van der Waals surface area contributed by atoms with Crippen molar-refractivity contribution < 1.29 is 9.69 Å². The Kier molecular flexibility index (Phi) is 6.36. The molecule has 3 nitrogen and oxygen atoms in total. The number of amides is 1. The normalized spacial score (nSPS) is 18.9. The summed E-state index contributed by atoms with van der Waals surface area (Å²) < 4.78 is 0. The summed E-state index contributed by atoms with van der Waals surface area (Å²) in [6.07, 6.45) is 4.47. The molecule has 2 heterocycles. The third kappa shape index (κ3) is 4.94. The number of hydrogen-bond donors (Lipinski definition) is 1. The van der Waals surface area contributed by atoms with Crippen molar-refractivity contribution >= 4 is 5.91 Å². The molecule has 0 aromatic heterocycles. The van der Waals surface area contributed by atoms with E-state index in [4.69, 9.17) is 0 Å². The van der Waals surface area contributed by atoms with Gasteiger partial charge in [0, 0.05) is 36.2 Å². The number of carbonyl (C=O) groups is 1. The zero-order valence-corrected chi connectivity index (χ0v) is 18.8. The van der Waals surface area contributed by atoms with Gasteiger partial charge < -0.3 is 9.80 Å². The summed E-state index contributed by atoms with van der Waals surface area (Å²) in [4.78, 5) is 16.7. The SMILES string of the molecule is O=C(c1ccc(C[NH+]2CCc3ccccc3C2)cc1)N1CCC(Cc2ccccc2)CC1. The van der Waals surface area contributed by atoms with Crippen molar-refractivity contribution in [3.63, 3.8) is 0 Å². The number of likely N-dealkylation sites (tertiary alicyclic amines) is 1. The number of benzene rings is 3. The molecule has 0 spiro atoms. The number of carbonyl (C=O) groups excluding carboxylic acids is 1. The van der Waals surface area contributed by atoms with Gasteiger partial charge >= 0.3 is 0 Å². The van der Waals surface area contributed by atoms with E-state index in [-0.39, 0.29) is 5.91 Å². The monoisotopic (exact) mass is 425 g/mol. The first kappa shape index (κ1) is 21.0. The molecular weight excluding hydrogens is 392 g/mol. The van der Waals surface area contributed by atoms with Crippen LogP contribution in [0.3, 0.4) is 0 Å². The van der Waals surface area contributed by atoms with E-state index >= 15 is 0 Å². The molecule has 32 heavy (non-hydrogen) atoms. The first-order valence-corrected chi connectivity index (χ1v) is 12.1. The fourth-order valence-corrected chi connectivity index (χ4v) is 5.32. The Morgan fingerprint density at radius 2 is 1.50 bits per heavy atom. The lowest BCUT2D eigenvalue weighted by molar-refractivity contribution is -0.929. The van der Waals surface area contributed by atoms with Crippen LogP contribution in [0, 0.1) is 5.92 Å². The van der Waals surface area contributed by atoms with E-state index in [0.29, 0.717) is 5.92 Å². The Bertz CT molecular complexity index is 1040. The predicted molar refractivity (Wildman–Crippen MR) is 129 cm³/mol. The second-order valence-corrected chi connectivity index (χ2v) is 9.49. The summed E-state index contributed by atoms with van der Waals surface area (Å²) >= 11 is 0. The van der Waals surface area contributed by atoms with E-state index < -0.39 is 0 Å². The zero-order chi connectivity index (χ0) is 21.8. The number of piperidine rings is 1. The minimum atomic E-state index is 0.189. The molecule has 2 aliphatic heterocycles. The highest BCUT2D eigenvalue weighted by Gasteiger charge is 2.24. The lowest BCUT2D eigenvalue weighted by Gasteiger charge is -2.32. The fourth-order valence-electron chi connectivity index (χ4n) is 5.32. The minimum Gasteiger partial charge on any atom is -0.339 e. The van der Waals surface area contributed by atoms with E-state index in [1.807, 2.05) is 17.0 Å². The Labute approximate surface area is 191 Å². The molecule has 2 aliphatic rings. The van der Waals surface area contributed by atoms with E-state index in [2.05, 4.69) is 66.7 Å². The Morgan fingerprint density at radius 3 is 2.25 bits per heavy atom. The van der Waals surface area contributed by atoms with Gasteiger partial charge in [0.15, 0.2) is 0 Å². The number of quaternary nitrogens is 1. The standard InChI is InChI=1S/C29H32N2O/c32-29(31-18-14-24(15-19-31)20-23-6-2-1-3-7-23)27-12-10-25(11-13-27)21-30-17-16-26-8-4-5-9-28(26)22-30/h1-13,24H,14-22H2/p+1. The van der Waals surface area contributed by atoms with Gasteiger partial charge in [-0.1, -0.05) is 66.7 Å². The largest absolute Gasteiger partial charge is 0.339 e. The van der Waals surface area contributed by atoms with Crippen LogP contribution in [0.4, 0.5) is 0 Å². The Balaban J connectivity index is 1.13. The zero-order valence-electron chi connectivity index (χ0n) is 18.8. The van der Waals surface area contributed by atoms with Crippen LogP contribution in [-0.4, -0.2) is 30.4 Å². The van der Waals surface area contributed by atoms with Crippen LogP contribution in [0.2, 0.25) is 0 Å². The van der Waals surface area contributed by atoms with Gasteiger partial charge in [0.25, 0.3) is 5.91 Å². The van der Waals surface area contributed by atoms with Gasteiger partial charge in [-0.2, -0.15) is 0 Å². The van der Waals surface area contributed by atoms with Gasteiger partial charge in [-0.15, -0.1) is 0 Å². The molecular formula is C29H33N2O+. The number of fused-ring (bicyclic) bond motifs is 1. The summed E-state index contributed by atoms with van der Waals surface area (Å²) in [5.74, 6) is 0.871. The highest BCUT2D eigenvalue weighted by atomic mass is 16.2. The lowest BCUT2D eigenvalue weighted by Crippen LogP contribution is -3.10. The maximum atomic E-state index is 13.0. The average Bonchev–Trinajstić information content (AvgIpc) is 2.85. The molecule has 1 fully saturated rings. The topological polar surface area (TPSA) is 24.8 Å². The van der Waals surface area contributed by atoms with Crippen molar-refractivity contribution in [1.29, 1.82) is 0 Å². The van der Waals surface area contributed by atoms with Crippen molar-refractivity contribution in [2.75, 3.05) is 19.6 Å². The fraction of sp³-hybridized carbons (Fsp3) is 0.345. The third-order valence-corrected chi connectivity index (χ3v) is 7.23. The number of nitrogens with zero attached hydrogens (tertiary/aromatic N) is 1. The second kappa shape index (κ2) is 9.70. The van der Waals surface area contributed by atoms with Crippen LogP contribution < -0.4 is 4.90 Å². The Hall–Kier alpha value is -2.91. The predicted octanol–water partition coefficient (Wildman–Crippen LogP) is 3.92. The first-order chi connectivity index (χ1) is 15.7. The van der Waals surface area contributed by atoms with Gasteiger partial charge in [-0.25, -0.2) is 0 Å².